The third kappa shape index (κ3) is 3.59. The molecule has 2 aliphatic rings. The first-order chi connectivity index (χ1) is 10.8. The van der Waals surface area contributed by atoms with Crippen LogP contribution in [0.1, 0.15) is 18.4 Å². The van der Waals surface area contributed by atoms with Crippen molar-refractivity contribution in [2.75, 3.05) is 32.8 Å². The second-order valence-electron chi connectivity index (χ2n) is 6.26. The predicted octanol–water partition coefficient (Wildman–Crippen LogP) is 1.71. The van der Waals surface area contributed by atoms with Crippen molar-refractivity contribution in [1.29, 1.82) is 0 Å². The third-order valence-corrected chi connectivity index (χ3v) is 4.75. The molecule has 3 rings (SSSR count). The first-order valence-corrected chi connectivity index (χ1v) is 8.07. The highest BCUT2D eigenvalue weighted by molar-refractivity contribution is 5.68. The summed E-state index contributed by atoms with van der Waals surface area (Å²) in [4.78, 5) is 16.2. The molecule has 2 aliphatic heterocycles. The molecule has 5 nitrogen and oxygen atoms in total. The Balaban J connectivity index is 1.37. The van der Waals surface area contributed by atoms with Crippen LogP contribution in [-0.4, -0.2) is 59.8 Å². The number of nitrogens with zero attached hydrogens (tertiary/aromatic N) is 2. The standard InChI is InChI=1S/C17H24N2O3/c20-12-14-6-8-18(9-7-14)16-10-19(11-16)17(21)22-13-15-4-2-1-3-5-15/h1-5,14,16,20H,6-13H2. The predicted molar refractivity (Wildman–Crippen MR) is 83.4 cm³/mol. The van der Waals surface area contributed by atoms with Gasteiger partial charge in [0.1, 0.15) is 6.61 Å². The van der Waals surface area contributed by atoms with E-state index in [1.807, 2.05) is 30.3 Å². The molecule has 0 saturated carbocycles. The number of likely N-dealkylation sites (tertiary alicyclic amines) is 2. The number of carbonyl (C=O) groups is 1. The zero-order chi connectivity index (χ0) is 15.4. The Hall–Kier alpha value is -1.59. The SMILES string of the molecule is O=C(OCc1ccccc1)N1CC(N2CCC(CO)CC2)C1. The summed E-state index contributed by atoms with van der Waals surface area (Å²) in [6.07, 6.45) is 1.90. The minimum Gasteiger partial charge on any atom is -0.445 e. The van der Waals surface area contributed by atoms with Gasteiger partial charge >= 0.3 is 6.09 Å². The molecule has 1 N–H and O–H groups in total. The van der Waals surface area contributed by atoms with Crippen molar-refractivity contribution in [2.24, 2.45) is 5.92 Å². The van der Waals surface area contributed by atoms with Crippen LogP contribution in [0.2, 0.25) is 0 Å². The van der Waals surface area contributed by atoms with Crippen molar-refractivity contribution in [3.05, 3.63) is 35.9 Å². The molecule has 5 heteroatoms. The average Bonchev–Trinajstić information content (AvgIpc) is 2.53. The summed E-state index contributed by atoms with van der Waals surface area (Å²) in [7, 11) is 0. The summed E-state index contributed by atoms with van der Waals surface area (Å²) < 4.78 is 5.34. The Labute approximate surface area is 131 Å². The van der Waals surface area contributed by atoms with Crippen LogP contribution in [0.25, 0.3) is 0 Å². The molecule has 1 amide bonds. The lowest BCUT2D eigenvalue weighted by Crippen LogP contribution is -2.62. The van der Waals surface area contributed by atoms with Gasteiger partial charge in [0.25, 0.3) is 0 Å². The quantitative estimate of drug-likeness (QED) is 0.920. The van der Waals surface area contributed by atoms with Gasteiger partial charge < -0.3 is 14.7 Å². The Kier molecular flexibility index (Phi) is 4.95. The van der Waals surface area contributed by atoms with E-state index in [4.69, 9.17) is 9.84 Å². The van der Waals surface area contributed by atoms with Crippen LogP contribution in [0.15, 0.2) is 30.3 Å². The Bertz CT molecular complexity index is 480. The van der Waals surface area contributed by atoms with E-state index in [1.165, 1.54) is 0 Å². The van der Waals surface area contributed by atoms with E-state index in [2.05, 4.69) is 4.90 Å². The van der Waals surface area contributed by atoms with Crippen molar-refractivity contribution in [2.45, 2.75) is 25.5 Å². The molecule has 1 aromatic rings. The Morgan fingerprint density at radius 3 is 2.50 bits per heavy atom. The van der Waals surface area contributed by atoms with Gasteiger partial charge in [-0.25, -0.2) is 4.79 Å². The minimum absolute atomic E-state index is 0.217. The van der Waals surface area contributed by atoms with E-state index in [0.717, 1.165) is 44.6 Å². The van der Waals surface area contributed by atoms with Gasteiger partial charge in [-0.15, -0.1) is 0 Å². The lowest BCUT2D eigenvalue weighted by atomic mass is 9.95. The van der Waals surface area contributed by atoms with Crippen molar-refractivity contribution in [1.82, 2.24) is 9.80 Å². The number of ether oxygens (including phenoxy) is 1. The molecule has 2 saturated heterocycles. The van der Waals surface area contributed by atoms with Crippen molar-refractivity contribution < 1.29 is 14.6 Å². The van der Waals surface area contributed by atoms with Crippen LogP contribution in [0.4, 0.5) is 4.79 Å². The van der Waals surface area contributed by atoms with E-state index in [0.29, 0.717) is 25.2 Å². The summed E-state index contributed by atoms with van der Waals surface area (Å²) in [5.41, 5.74) is 1.01. The minimum atomic E-state index is -0.217. The number of hydrogen-bond acceptors (Lipinski definition) is 4. The Morgan fingerprint density at radius 1 is 1.18 bits per heavy atom. The number of hydrogen-bond donors (Lipinski definition) is 1. The molecule has 0 aliphatic carbocycles. The normalized spacial score (nSPS) is 20.7. The zero-order valence-corrected chi connectivity index (χ0v) is 12.9. The number of rotatable bonds is 4. The molecule has 0 bridgehead atoms. The number of piperidine rings is 1. The highest BCUT2D eigenvalue weighted by Gasteiger charge is 2.36. The van der Waals surface area contributed by atoms with E-state index in [9.17, 15) is 4.79 Å². The lowest BCUT2D eigenvalue weighted by molar-refractivity contribution is 0.00222. The van der Waals surface area contributed by atoms with Gasteiger partial charge in [0.2, 0.25) is 0 Å². The number of amides is 1. The molecule has 0 spiro atoms. The van der Waals surface area contributed by atoms with Gasteiger partial charge in [0.05, 0.1) is 0 Å². The molecular formula is C17H24N2O3. The highest BCUT2D eigenvalue weighted by Crippen LogP contribution is 2.23. The van der Waals surface area contributed by atoms with Crippen molar-refractivity contribution in [3.8, 4) is 0 Å². The maximum Gasteiger partial charge on any atom is 0.410 e. The monoisotopic (exact) mass is 304 g/mol. The van der Waals surface area contributed by atoms with Crippen molar-refractivity contribution in [3.63, 3.8) is 0 Å². The topological polar surface area (TPSA) is 53.0 Å². The molecule has 2 heterocycles. The molecule has 0 aromatic heterocycles. The second kappa shape index (κ2) is 7.11. The molecular weight excluding hydrogens is 280 g/mol. The van der Waals surface area contributed by atoms with Crippen LogP contribution < -0.4 is 0 Å². The fraction of sp³-hybridized carbons (Fsp3) is 0.588. The maximum atomic E-state index is 12.0. The van der Waals surface area contributed by atoms with Gasteiger partial charge in [-0.1, -0.05) is 30.3 Å². The third-order valence-electron chi connectivity index (χ3n) is 4.75. The van der Waals surface area contributed by atoms with E-state index >= 15 is 0 Å². The molecule has 0 unspecified atom stereocenters. The molecule has 22 heavy (non-hydrogen) atoms. The smallest absolute Gasteiger partial charge is 0.410 e. The summed E-state index contributed by atoms with van der Waals surface area (Å²) >= 11 is 0. The van der Waals surface area contributed by atoms with Gasteiger partial charge in [-0.3, -0.25) is 4.90 Å². The lowest BCUT2D eigenvalue weighted by Gasteiger charge is -2.46. The Morgan fingerprint density at radius 2 is 1.86 bits per heavy atom. The van der Waals surface area contributed by atoms with Gasteiger partial charge in [-0.05, 0) is 37.4 Å². The molecule has 0 atom stereocenters. The average molecular weight is 304 g/mol. The molecule has 0 radical (unpaired) electrons. The van der Waals surface area contributed by atoms with Gasteiger partial charge in [-0.2, -0.15) is 0 Å². The fourth-order valence-electron chi connectivity index (χ4n) is 3.15. The summed E-state index contributed by atoms with van der Waals surface area (Å²) in [5.74, 6) is 0.461. The van der Waals surface area contributed by atoms with Crippen molar-refractivity contribution >= 4 is 6.09 Å². The van der Waals surface area contributed by atoms with Crippen LogP contribution in [-0.2, 0) is 11.3 Å². The second-order valence-corrected chi connectivity index (χ2v) is 6.26. The molecule has 1 aromatic carbocycles. The van der Waals surface area contributed by atoms with Crippen LogP contribution >= 0.6 is 0 Å². The van der Waals surface area contributed by atoms with Gasteiger partial charge in [0, 0.05) is 25.7 Å². The van der Waals surface area contributed by atoms with E-state index in [1.54, 1.807) is 4.90 Å². The number of carbonyl (C=O) groups excluding carboxylic acids is 1. The van der Waals surface area contributed by atoms with Crippen LogP contribution in [0.3, 0.4) is 0 Å². The van der Waals surface area contributed by atoms with E-state index in [-0.39, 0.29) is 6.09 Å². The number of aliphatic hydroxyl groups is 1. The number of benzene rings is 1. The van der Waals surface area contributed by atoms with E-state index < -0.39 is 0 Å². The zero-order valence-electron chi connectivity index (χ0n) is 12.9. The maximum absolute atomic E-state index is 12.0. The summed E-state index contributed by atoms with van der Waals surface area (Å²) in [6, 6.07) is 10.2. The fourth-order valence-corrected chi connectivity index (χ4v) is 3.15. The largest absolute Gasteiger partial charge is 0.445 e. The molecule has 120 valence electrons. The van der Waals surface area contributed by atoms with Crippen LogP contribution in [0.5, 0.6) is 0 Å². The van der Waals surface area contributed by atoms with Crippen LogP contribution in [0, 0.1) is 5.92 Å². The highest BCUT2D eigenvalue weighted by atomic mass is 16.6. The number of aliphatic hydroxyl groups excluding tert-OH is 1. The summed E-state index contributed by atoms with van der Waals surface area (Å²) in [6.45, 7) is 4.22. The first kappa shape index (κ1) is 15.3. The molecule has 2 fully saturated rings. The van der Waals surface area contributed by atoms with Gasteiger partial charge in [0.15, 0.2) is 0 Å². The first-order valence-electron chi connectivity index (χ1n) is 8.07. The summed E-state index contributed by atoms with van der Waals surface area (Å²) in [5, 5.41) is 9.17.